The van der Waals surface area contributed by atoms with Crippen LogP contribution in [0.5, 0.6) is 0 Å². The molecule has 0 aromatic heterocycles. The Balaban J connectivity index is 2.39. The van der Waals surface area contributed by atoms with Gasteiger partial charge in [-0.05, 0) is 31.4 Å². The van der Waals surface area contributed by atoms with E-state index in [1.54, 1.807) is 17.8 Å². The average molecular weight is 286 g/mol. The second-order valence-corrected chi connectivity index (χ2v) is 5.26. The SMILES string of the molecule is CSC(CO)C(C)NCC(=O)Nc1cccc(F)c1. The molecule has 19 heavy (non-hydrogen) atoms. The first-order chi connectivity index (χ1) is 9.06. The lowest BCUT2D eigenvalue weighted by Crippen LogP contribution is -2.41. The summed E-state index contributed by atoms with van der Waals surface area (Å²) in [4.78, 5) is 11.7. The molecule has 2 atom stereocenters. The summed E-state index contributed by atoms with van der Waals surface area (Å²) in [5.41, 5.74) is 0.433. The molecule has 1 aromatic carbocycles. The Morgan fingerprint density at radius 1 is 1.53 bits per heavy atom. The summed E-state index contributed by atoms with van der Waals surface area (Å²) < 4.78 is 12.9. The smallest absolute Gasteiger partial charge is 0.238 e. The second kappa shape index (κ2) is 8.14. The van der Waals surface area contributed by atoms with Gasteiger partial charge in [0.2, 0.25) is 5.91 Å². The highest BCUT2D eigenvalue weighted by molar-refractivity contribution is 7.99. The van der Waals surface area contributed by atoms with E-state index in [2.05, 4.69) is 10.6 Å². The maximum absolute atomic E-state index is 12.9. The maximum Gasteiger partial charge on any atom is 0.238 e. The molecular formula is C13H19FN2O2S. The Morgan fingerprint density at radius 3 is 2.84 bits per heavy atom. The Hall–Kier alpha value is -1.11. The van der Waals surface area contributed by atoms with Crippen LogP contribution in [0.2, 0.25) is 0 Å². The molecule has 0 bridgehead atoms. The monoisotopic (exact) mass is 286 g/mol. The van der Waals surface area contributed by atoms with E-state index in [4.69, 9.17) is 5.11 Å². The third-order valence-corrected chi connectivity index (χ3v) is 3.90. The molecule has 0 aliphatic heterocycles. The van der Waals surface area contributed by atoms with Crippen LogP contribution in [0.3, 0.4) is 0 Å². The first kappa shape index (κ1) is 15.9. The largest absolute Gasteiger partial charge is 0.395 e. The number of nitrogens with one attached hydrogen (secondary N) is 2. The predicted molar refractivity (Wildman–Crippen MR) is 76.9 cm³/mol. The summed E-state index contributed by atoms with van der Waals surface area (Å²) in [5, 5.41) is 14.8. The minimum Gasteiger partial charge on any atom is -0.395 e. The lowest BCUT2D eigenvalue weighted by atomic mass is 10.2. The minimum absolute atomic E-state index is 0.0123. The molecule has 0 saturated heterocycles. The highest BCUT2D eigenvalue weighted by Crippen LogP contribution is 2.10. The number of hydrogen-bond acceptors (Lipinski definition) is 4. The summed E-state index contributed by atoms with van der Waals surface area (Å²) >= 11 is 1.54. The van der Waals surface area contributed by atoms with E-state index in [-0.39, 0.29) is 36.2 Å². The van der Waals surface area contributed by atoms with Gasteiger partial charge in [-0.15, -0.1) is 0 Å². The normalized spacial score (nSPS) is 13.9. The number of benzene rings is 1. The van der Waals surface area contributed by atoms with Gasteiger partial charge in [-0.2, -0.15) is 11.8 Å². The molecule has 0 spiro atoms. The number of amides is 1. The third-order valence-electron chi connectivity index (χ3n) is 2.73. The highest BCUT2D eigenvalue weighted by Gasteiger charge is 2.15. The van der Waals surface area contributed by atoms with Crippen LogP contribution >= 0.6 is 11.8 Å². The fraction of sp³-hybridized carbons (Fsp3) is 0.462. The first-order valence-electron chi connectivity index (χ1n) is 5.99. The number of anilines is 1. The Kier molecular flexibility index (Phi) is 6.83. The summed E-state index contributed by atoms with van der Waals surface area (Å²) in [6.45, 7) is 2.09. The molecule has 0 radical (unpaired) electrons. The summed E-state index contributed by atoms with van der Waals surface area (Å²) in [6, 6.07) is 5.76. The van der Waals surface area contributed by atoms with E-state index in [0.717, 1.165) is 0 Å². The van der Waals surface area contributed by atoms with Gasteiger partial charge < -0.3 is 15.7 Å². The van der Waals surface area contributed by atoms with Crippen molar-refractivity contribution in [2.45, 2.75) is 18.2 Å². The van der Waals surface area contributed by atoms with E-state index in [0.29, 0.717) is 5.69 Å². The van der Waals surface area contributed by atoms with Gasteiger partial charge in [0.1, 0.15) is 5.82 Å². The number of aliphatic hydroxyl groups is 1. The molecule has 0 aliphatic rings. The molecule has 1 rings (SSSR count). The fourth-order valence-corrected chi connectivity index (χ4v) is 2.25. The standard InChI is InChI=1S/C13H19FN2O2S/c1-9(12(8-17)19-2)15-7-13(18)16-11-5-3-4-10(14)6-11/h3-6,9,12,15,17H,7-8H2,1-2H3,(H,16,18). The summed E-state index contributed by atoms with van der Waals surface area (Å²) in [7, 11) is 0. The van der Waals surface area contributed by atoms with Crippen molar-refractivity contribution >= 4 is 23.4 Å². The van der Waals surface area contributed by atoms with Crippen LogP contribution in [0.4, 0.5) is 10.1 Å². The fourth-order valence-electron chi connectivity index (χ4n) is 1.59. The van der Waals surface area contributed by atoms with Crippen molar-refractivity contribution in [3.05, 3.63) is 30.1 Å². The molecule has 0 heterocycles. The number of thioether (sulfide) groups is 1. The van der Waals surface area contributed by atoms with Crippen molar-refractivity contribution in [2.24, 2.45) is 0 Å². The van der Waals surface area contributed by atoms with Gasteiger partial charge in [-0.25, -0.2) is 4.39 Å². The van der Waals surface area contributed by atoms with Gasteiger partial charge in [0.25, 0.3) is 0 Å². The van der Waals surface area contributed by atoms with Gasteiger partial charge in [0, 0.05) is 17.0 Å². The Labute approximate surface area is 116 Å². The number of halogens is 1. The topological polar surface area (TPSA) is 61.4 Å². The molecule has 0 aliphatic carbocycles. The van der Waals surface area contributed by atoms with Crippen LogP contribution in [0.25, 0.3) is 0 Å². The van der Waals surface area contributed by atoms with E-state index in [1.807, 2.05) is 13.2 Å². The van der Waals surface area contributed by atoms with Crippen LogP contribution < -0.4 is 10.6 Å². The molecule has 0 fully saturated rings. The lowest BCUT2D eigenvalue weighted by molar-refractivity contribution is -0.115. The first-order valence-corrected chi connectivity index (χ1v) is 7.28. The minimum atomic E-state index is -0.387. The van der Waals surface area contributed by atoms with Crippen molar-refractivity contribution in [1.29, 1.82) is 0 Å². The number of carbonyl (C=O) groups excluding carboxylic acids is 1. The number of carbonyl (C=O) groups is 1. The van der Waals surface area contributed by atoms with Crippen molar-refractivity contribution < 1.29 is 14.3 Å². The van der Waals surface area contributed by atoms with Gasteiger partial charge in [0.15, 0.2) is 0 Å². The van der Waals surface area contributed by atoms with Crippen LogP contribution in [0, 0.1) is 5.82 Å². The van der Waals surface area contributed by atoms with Crippen LogP contribution in [0.1, 0.15) is 6.92 Å². The number of aliphatic hydroxyl groups excluding tert-OH is 1. The van der Waals surface area contributed by atoms with Crippen molar-refractivity contribution in [3.63, 3.8) is 0 Å². The molecule has 1 aromatic rings. The number of hydrogen-bond donors (Lipinski definition) is 3. The zero-order valence-electron chi connectivity index (χ0n) is 11.0. The maximum atomic E-state index is 12.9. The van der Waals surface area contributed by atoms with Crippen LogP contribution in [0.15, 0.2) is 24.3 Å². The van der Waals surface area contributed by atoms with Crippen LogP contribution in [-0.4, -0.2) is 41.7 Å². The Morgan fingerprint density at radius 2 is 2.26 bits per heavy atom. The van der Waals surface area contributed by atoms with E-state index in [9.17, 15) is 9.18 Å². The molecule has 2 unspecified atom stereocenters. The molecule has 106 valence electrons. The summed E-state index contributed by atoms with van der Waals surface area (Å²) in [5.74, 6) is -0.628. The average Bonchev–Trinajstić information content (AvgIpc) is 2.38. The third kappa shape index (κ3) is 5.59. The summed E-state index contributed by atoms with van der Waals surface area (Å²) in [6.07, 6.45) is 1.91. The predicted octanol–water partition coefficient (Wildman–Crippen LogP) is 1.47. The molecule has 6 heteroatoms. The van der Waals surface area contributed by atoms with E-state index < -0.39 is 0 Å². The van der Waals surface area contributed by atoms with Gasteiger partial charge in [0.05, 0.1) is 13.2 Å². The van der Waals surface area contributed by atoms with Gasteiger partial charge >= 0.3 is 0 Å². The molecule has 3 N–H and O–H groups in total. The Bertz CT molecular complexity index is 413. The lowest BCUT2D eigenvalue weighted by Gasteiger charge is -2.21. The van der Waals surface area contributed by atoms with Gasteiger partial charge in [-0.3, -0.25) is 4.79 Å². The van der Waals surface area contributed by atoms with Crippen molar-refractivity contribution in [1.82, 2.24) is 5.32 Å². The zero-order chi connectivity index (χ0) is 14.3. The van der Waals surface area contributed by atoms with E-state index in [1.165, 1.54) is 18.2 Å². The second-order valence-electron chi connectivity index (χ2n) is 4.18. The molecule has 4 nitrogen and oxygen atoms in total. The van der Waals surface area contributed by atoms with E-state index >= 15 is 0 Å². The van der Waals surface area contributed by atoms with Crippen molar-refractivity contribution in [2.75, 3.05) is 24.7 Å². The van der Waals surface area contributed by atoms with Crippen LogP contribution in [-0.2, 0) is 4.79 Å². The quantitative estimate of drug-likeness (QED) is 0.710. The van der Waals surface area contributed by atoms with Crippen molar-refractivity contribution in [3.8, 4) is 0 Å². The highest BCUT2D eigenvalue weighted by atomic mass is 32.2. The van der Waals surface area contributed by atoms with Gasteiger partial charge in [-0.1, -0.05) is 6.07 Å². The number of rotatable bonds is 7. The molecule has 0 saturated carbocycles. The molecule has 1 amide bonds. The molecular weight excluding hydrogens is 267 g/mol. The zero-order valence-corrected chi connectivity index (χ0v) is 11.8.